The van der Waals surface area contributed by atoms with E-state index in [2.05, 4.69) is 4.98 Å². The largest absolute Gasteiger partial charge is 0.468 e. The molecule has 0 radical (unpaired) electrons. The van der Waals surface area contributed by atoms with Crippen molar-refractivity contribution in [3.05, 3.63) is 41.4 Å². The summed E-state index contributed by atoms with van der Waals surface area (Å²) in [4.78, 5) is 16.3. The van der Waals surface area contributed by atoms with Crippen LogP contribution in [0.4, 0.5) is 0 Å². The normalized spacial score (nSPS) is 11.3. The molecule has 0 fully saturated rings. The number of thiazole rings is 1. The number of nitrogens with zero attached hydrogens (tertiary/aromatic N) is 1. The van der Waals surface area contributed by atoms with Gasteiger partial charge >= 0.3 is 5.97 Å². The fourth-order valence-electron chi connectivity index (χ4n) is 1.63. The van der Waals surface area contributed by atoms with Crippen molar-refractivity contribution in [1.29, 1.82) is 0 Å². The fraction of sp³-hybridized carbons (Fsp3) is 0.286. The van der Waals surface area contributed by atoms with Gasteiger partial charge in [-0.3, -0.25) is 4.79 Å². The van der Waals surface area contributed by atoms with Crippen LogP contribution >= 0.6 is 11.3 Å². The van der Waals surface area contributed by atoms with Crippen molar-refractivity contribution in [2.45, 2.75) is 19.3 Å². The Hall–Kier alpha value is -1.68. The first kappa shape index (κ1) is 12.8. The minimum absolute atomic E-state index is 0.271. The lowest BCUT2D eigenvalue weighted by Crippen LogP contribution is -2.30. The van der Waals surface area contributed by atoms with Gasteiger partial charge in [0.2, 0.25) is 0 Å². The summed E-state index contributed by atoms with van der Waals surface area (Å²) in [6, 6.07) is 9.93. The SMILES string of the molecule is COC(=O)C(C)(C)c1csc(-c2ccccc2)n1. The predicted molar refractivity (Wildman–Crippen MR) is 72.6 cm³/mol. The highest BCUT2D eigenvalue weighted by atomic mass is 32.1. The molecule has 4 heteroatoms. The molecule has 0 aliphatic heterocycles. The first-order valence-corrected chi connectivity index (χ1v) is 6.53. The highest BCUT2D eigenvalue weighted by Crippen LogP contribution is 2.30. The van der Waals surface area contributed by atoms with Crippen LogP contribution in [0, 0.1) is 0 Å². The zero-order chi connectivity index (χ0) is 13.2. The Morgan fingerprint density at radius 3 is 2.56 bits per heavy atom. The van der Waals surface area contributed by atoms with E-state index in [1.54, 1.807) is 0 Å². The highest BCUT2D eigenvalue weighted by molar-refractivity contribution is 7.13. The van der Waals surface area contributed by atoms with Gasteiger partial charge in [-0.15, -0.1) is 11.3 Å². The van der Waals surface area contributed by atoms with E-state index in [0.29, 0.717) is 0 Å². The molecule has 0 atom stereocenters. The second-order valence-corrected chi connectivity index (χ2v) is 5.38. The average molecular weight is 261 g/mol. The standard InChI is InChI=1S/C14H15NO2S/c1-14(2,13(16)17-3)11-9-18-12(15-11)10-7-5-4-6-8-10/h4-9H,1-3H3. The van der Waals surface area contributed by atoms with Gasteiger partial charge in [-0.1, -0.05) is 30.3 Å². The van der Waals surface area contributed by atoms with Crippen molar-refractivity contribution >= 4 is 17.3 Å². The lowest BCUT2D eigenvalue weighted by Gasteiger charge is -2.18. The van der Waals surface area contributed by atoms with Crippen LogP contribution in [0.2, 0.25) is 0 Å². The molecule has 1 aromatic carbocycles. The van der Waals surface area contributed by atoms with Gasteiger partial charge in [-0.25, -0.2) is 4.98 Å². The molecule has 0 bridgehead atoms. The molecule has 0 aliphatic rings. The maximum atomic E-state index is 11.7. The molecule has 0 spiro atoms. The van der Waals surface area contributed by atoms with E-state index in [1.807, 2.05) is 49.6 Å². The van der Waals surface area contributed by atoms with Gasteiger partial charge in [0.25, 0.3) is 0 Å². The Labute approximate surface area is 110 Å². The Morgan fingerprint density at radius 2 is 1.94 bits per heavy atom. The third-order valence-electron chi connectivity index (χ3n) is 2.86. The molecule has 0 amide bonds. The van der Waals surface area contributed by atoms with Gasteiger partial charge in [0.15, 0.2) is 0 Å². The summed E-state index contributed by atoms with van der Waals surface area (Å²) in [5.41, 5.74) is 1.10. The molecule has 2 aromatic rings. The Bertz CT molecular complexity index is 546. The monoisotopic (exact) mass is 261 g/mol. The van der Waals surface area contributed by atoms with Gasteiger partial charge in [0.1, 0.15) is 10.4 Å². The second kappa shape index (κ2) is 4.90. The van der Waals surface area contributed by atoms with Crippen LogP contribution in [-0.4, -0.2) is 18.1 Å². The van der Waals surface area contributed by atoms with Crippen molar-refractivity contribution < 1.29 is 9.53 Å². The van der Waals surface area contributed by atoms with Crippen LogP contribution in [0.3, 0.4) is 0 Å². The van der Waals surface area contributed by atoms with E-state index >= 15 is 0 Å². The van der Waals surface area contributed by atoms with E-state index in [0.717, 1.165) is 16.3 Å². The van der Waals surface area contributed by atoms with Crippen LogP contribution in [0.15, 0.2) is 35.7 Å². The summed E-state index contributed by atoms with van der Waals surface area (Å²) in [6.45, 7) is 3.64. The smallest absolute Gasteiger partial charge is 0.317 e. The first-order valence-electron chi connectivity index (χ1n) is 5.65. The van der Waals surface area contributed by atoms with E-state index in [4.69, 9.17) is 4.74 Å². The lowest BCUT2D eigenvalue weighted by molar-refractivity contribution is -0.146. The van der Waals surface area contributed by atoms with E-state index in [9.17, 15) is 4.79 Å². The first-order chi connectivity index (χ1) is 8.55. The molecule has 0 unspecified atom stereocenters. The zero-order valence-electron chi connectivity index (χ0n) is 10.6. The Balaban J connectivity index is 2.34. The predicted octanol–water partition coefficient (Wildman–Crippen LogP) is 3.26. The number of hydrogen-bond donors (Lipinski definition) is 0. The number of hydrogen-bond acceptors (Lipinski definition) is 4. The molecule has 1 aromatic heterocycles. The molecule has 0 saturated carbocycles. The highest BCUT2D eigenvalue weighted by Gasteiger charge is 2.33. The summed E-state index contributed by atoms with van der Waals surface area (Å²) in [7, 11) is 1.40. The van der Waals surface area contributed by atoms with Gasteiger partial charge < -0.3 is 4.74 Å². The fourth-order valence-corrected chi connectivity index (χ4v) is 2.63. The summed E-state index contributed by atoms with van der Waals surface area (Å²) < 4.78 is 4.81. The molecule has 0 aliphatic carbocycles. The van der Waals surface area contributed by atoms with E-state index in [1.165, 1.54) is 18.4 Å². The minimum atomic E-state index is -0.710. The van der Waals surface area contributed by atoms with Crippen molar-refractivity contribution in [2.24, 2.45) is 0 Å². The van der Waals surface area contributed by atoms with Crippen molar-refractivity contribution in [3.63, 3.8) is 0 Å². The molecule has 2 rings (SSSR count). The van der Waals surface area contributed by atoms with Crippen LogP contribution < -0.4 is 0 Å². The van der Waals surface area contributed by atoms with E-state index < -0.39 is 5.41 Å². The Kier molecular flexibility index (Phi) is 3.48. The minimum Gasteiger partial charge on any atom is -0.468 e. The third kappa shape index (κ3) is 2.29. The van der Waals surface area contributed by atoms with Gasteiger partial charge in [0, 0.05) is 10.9 Å². The topological polar surface area (TPSA) is 39.2 Å². The molecule has 0 N–H and O–H groups in total. The van der Waals surface area contributed by atoms with Gasteiger partial charge in [-0.05, 0) is 13.8 Å². The maximum Gasteiger partial charge on any atom is 0.317 e. The number of carbonyl (C=O) groups excluding carboxylic acids is 1. The summed E-state index contributed by atoms with van der Waals surface area (Å²) in [5, 5.41) is 2.83. The lowest BCUT2D eigenvalue weighted by atomic mass is 9.90. The van der Waals surface area contributed by atoms with Gasteiger partial charge in [-0.2, -0.15) is 0 Å². The third-order valence-corrected chi connectivity index (χ3v) is 3.75. The number of methoxy groups -OCH3 is 1. The molecule has 3 nitrogen and oxygen atoms in total. The zero-order valence-corrected chi connectivity index (χ0v) is 11.5. The van der Waals surface area contributed by atoms with Crippen molar-refractivity contribution in [1.82, 2.24) is 4.98 Å². The number of rotatable bonds is 3. The van der Waals surface area contributed by atoms with Crippen molar-refractivity contribution in [3.8, 4) is 10.6 Å². The molecule has 18 heavy (non-hydrogen) atoms. The number of carbonyl (C=O) groups is 1. The molecular formula is C14H15NO2S. The summed E-state index contributed by atoms with van der Waals surface area (Å²) >= 11 is 1.54. The summed E-state index contributed by atoms with van der Waals surface area (Å²) in [6.07, 6.45) is 0. The molecular weight excluding hydrogens is 246 g/mol. The quantitative estimate of drug-likeness (QED) is 0.796. The van der Waals surface area contributed by atoms with Crippen LogP contribution in [0.1, 0.15) is 19.5 Å². The number of aromatic nitrogens is 1. The number of esters is 1. The number of ether oxygens (including phenoxy) is 1. The molecule has 0 saturated heterocycles. The Morgan fingerprint density at radius 1 is 1.28 bits per heavy atom. The average Bonchev–Trinajstić information content (AvgIpc) is 2.89. The van der Waals surface area contributed by atoms with Crippen LogP contribution in [0.25, 0.3) is 10.6 Å². The maximum absolute atomic E-state index is 11.7. The molecule has 94 valence electrons. The summed E-state index contributed by atoms with van der Waals surface area (Å²) in [5.74, 6) is -0.271. The molecule has 1 heterocycles. The van der Waals surface area contributed by atoms with Crippen molar-refractivity contribution in [2.75, 3.05) is 7.11 Å². The number of benzene rings is 1. The van der Waals surface area contributed by atoms with Gasteiger partial charge in [0.05, 0.1) is 12.8 Å². The second-order valence-electron chi connectivity index (χ2n) is 4.52. The van der Waals surface area contributed by atoms with Crippen LogP contribution in [0.5, 0.6) is 0 Å². The van der Waals surface area contributed by atoms with E-state index in [-0.39, 0.29) is 5.97 Å². The van der Waals surface area contributed by atoms with Crippen LogP contribution in [-0.2, 0) is 14.9 Å².